The standard InChI is InChI=1S/C14H21N/c1-10-5-6-12-11(7-10)8-14(2,3)9-13(12)15-4/h5-7,13,15H,8-9H2,1-4H3. The van der Waals surface area contributed by atoms with Crippen molar-refractivity contribution in [3.8, 4) is 0 Å². The van der Waals surface area contributed by atoms with Gasteiger partial charge >= 0.3 is 0 Å². The molecule has 1 heteroatoms. The van der Waals surface area contributed by atoms with Gasteiger partial charge in [0.25, 0.3) is 0 Å². The summed E-state index contributed by atoms with van der Waals surface area (Å²) in [5.41, 5.74) is 4.84. The van der Waals surface area contributed by atoms with Crippen LogP contribution in [0.25, 0.3) is 0 Å². The molecule has 1 nitrogen and oxygen atoms in total. The molecule has 15 heavy (non-hydrogen) atoms. The zero-order valence-corrected chi connectivity index (χ0v) is 10.2. The van der Waals surface area contributed by atoms with Gasteiger partial charge in [-0.15, -0.1) is 0 Å². The van der Waals surface area contributed by atoms with Crippen LogP contribution in [0.1, 0.15) is 43.0 Å². The van der Waals surface area contributed by atoms with Gasteiger partial charge in [-0.05, 0) is 43.4 Å². The van der Waals surface area contributed by atoms with E-state index in [1.54, 1.807) is 0 Å². The van der Waals surface area contributed by atoms with Crippen LogP contribution in [-0.2, 0) is 6.42 Å². The lowest BCUT2D eigenvalue weighted by molar-refractivity contribution is 0.265. The molecule has 1 aliphatic rings. The van der Waals surface area contributed by atoms with E-state index in [4.69, 9.17) is 0 Å². The predicted octanol–water partition coefficient (Wildman–Crippen LogP) is 3.23. The van der Waals surface area contributed by atoms with Gasteiger partial charge in [0, 0.05) is 6.04 Å². The molecular weight excluding hydrogens is 182 g/mol. The molecule has 1 aliphatic carbocycles. The van der Waals surface area contributed by atoms with E-state index in [9.17, 15) is 0 Å². The highest BCUT2D eigenvalue weighted by Gasteiger charge is 2.31. The summed E-state index contributed by atoms with van der Waals surface area (Å²) < 4.78 is 0. The number of fused-ring (bicyclic) bond motifs is 1. The van der Waals surface area contributed by atoms with Crippen molar-refractivity contribution in [3.63, 3.8) is 0 Å². The van der Waals surface area contributed by atoms with Gasteiger partial charge in [0.05, 0.1) is 0 Å². The fourth-order valence-electron chi connectivity index (χ4n) is 2.74. The first-order valence-electron chi connectivity index (χ1n) is 5.78. The molecule has 0 amide bonds. The van der Waals surface area contributed by atoms with Crippen molar-refractivity contribution in [2.75, 3.05) is 7.05 Å². The molecule has 82 valence electrons. The summed E-state index contributed by atoms with van der Waals surface area (Å²) in [4.78, 5) is 0. The molecule has 0 saturated carbocycles. The lowest BCUT2D eigenvalue weighted by Crippen LogP contribution is -2.31. The Kier molecular flexibility index (Phi) is 2.59. The molecule has 1 N–H and O–H groups in total. The highest BCUT2D eigenvalue weighted by Crippen LogP contribution is 2.40. The van der Waals surface area contributed by atoms with Crippen LogP contribution in [-0.4, -0.2) is 7.05 Å². The zero-order chi connectivity index (χ0) is 11.1. The van der Waals surface area contributed by atoms with Crippen molar-refractivity contribution in [2.24, 2.45) is 5.41 Å². The van der Waals surface area contributed by atoms with E-state index >= 15 is 0 Å². The third-order valence-electron chi connectivity index (χ3n) is 3.45. The summed E-state index contributed by atoms with van der Waals surface area (Å²) in [6, 6.07) is 7.40. The molecular formula is C14H21N. The van der Waals surface area contributed by atoms with Gasteiger partial charge < -0.3 is 5.32 Å². The molecule has 0 bridgehead atoms. The van der Waals surface area contributed by atoms with Gasteiger partial charge in [-0.1, -0.05) is 37.6 Å². The monoisotopic (exact) mass is 203 g/mol. The minimum Gasteiger partial charge on any atom is -0.313 e. The average Bonchev–Trinajstić information content (AvgIpc) is 2.14. The van der Waals surface area contributed by atoms with Crippen molar-refractivity contribution in [1.29, 1.82) is 0 Å². The average molecular weight is 203 g/mol. The Balaban J connectivity index is 2.44. The van der Waals surface area contributed by atoms with Crippen molar-refractivity contribution in [3.05, 3.63) is 34.9 Å². The van der Waals surface area contributed by atoms with Crippen LogP contribution in [0.2, 0.25) is 0 Å². The normalized spacial score (nSPS) is 23.6. The number of benzene rings is 1. The molecule has 0 radical (unpaired) electrons. The largest absolute Gasteiger partial charge is 0.313 e. The lowest BCUT2D eigenvalue weighted by atomic mass is 9.72. The second kappa shape index (κ2) is 3.64. The highest BCUT2D eigenvalue weighted by molar-refractivity contribution is 5.36. The third-order valence-corrected chi connectivity index (χ3v) is 3.45. The van der Waals surface area contributed by atoms with E-state index in [2.05, 4.69) is 51.3 Å². The maximum Gasteiger partial charge on any atom is 0.0325 e. The van der Waals surface area contributed by atoms with Crippen molar-refractivity contribution >= 4 is 0 Å². The molecule has 0 aromatic heterocycles. The van der Waals surface area contributed by atoms with E-state index in [0.29, 0.717) is 11.5 Å². The van der Waals surface area contributed by atoms with Crippen molar-refractivity contribution in [2.45, 2.75) is 39.7 Å². The number of rotatable bonds is 1. The minimum atomic E-state index is 0.425. The molecule has 0 saturated heterocycles. The van der Waals surface area contributed by atoms with E-state index in [1.807, 2.05) is 0 Å². The summed E-state index contributed by atoms with van der Waals surface area (Å²) >= 11 is 0. The number of nitrogens with one attached hydrogen (secondary N) is 1. The van der Waals surface area contributed by atoms with Crippen LogP contribution in [0.15, 0.2) is 18.2 Å². The summed E-state index contributed by atoms with van der Waals surface area (Å²) in [6.45, 7) is 6.90. The molecule has 1 aromatic carbocycles. The van der Waals surface area contributed by atoms with Gasteiger partial charge in [0.2, 0.25) is 0 Å². The van der Waals surface area contributed by atoms with Crippen molar-refractivity contribution < 1.29 is 0 Å². The first-order chi connectivity index (χ1) is 7.02. The SMILES string of the molecule is CNC1CC(C)(C)Cc2cc(C)ccc21. The Labute approximate surface area is 92.9 Å². The maximum atomic E-state index is 3.44. The van der Waals surface area contributed by atoms with E-state index in [1.165, 1.54) is 29.5 Å². The molecule has 0 spiro atoms. The quantitative estimate of drug-likeness (QED) is 0.739. The second-order valence-corrected chi connectivity index (χ2v) is 5.59. The van der Waals surface area contributed by atoms with Gasteiger partial charge in [0.1, 0.15) is 0 Å². The molecule has 1 aromatic rings. The smallest absolute Gasteiger partial charge is 0.0325 e. The van der Waals surface area contributed by atoms with E-state index < -0.39 is 0 Å². The summed E-state index contributed by atoms with van der Waals surface area (Å²) in [7, 11) is 2.07. The first-order valence-corrected chi connectivity index (χ1v) is 5.78. The van der Waals surface area contributed by atoms with E-state index in [-0.39, 0.29) is 0 Å². The number of aryl methyl sites for hydroxylation is 1. The topological polar surface area (TPSA) is 12.0 Å². The van der Waals surface area contributed by atoms with Crippen LogP contribution in [0.5, 0.6) is 0 Å². The third kappa shape index (κ3) is 2.07. The maximum absolute atomic E-state index is 3.44. The summed E-state index contributed by atoms with van der Waals surface area (Å²) in [6.07, 6.45) is 2.45. The Hall–Kier alpha value is -0.820. The molecule has 1 atom stereocenters. The minimum absolute atomic E-state index is 0.425. The predicted molar refractivity (Wildman–Crippen MR) is 65.1 cm³/mol. The highest BCUT2D eigenvalue weighted by atomic mass is 14.9. The molecule has 0 aliphatic heterocycles. The van der Waals surface area contributed by atoms with Crippen molar-refractivity contribution in [1.82, 2.24) is 5.32 Å². The van der Waals surface area contributed by atoms with Crippen LogP contribution in [0.3, 0.4) is 0 Å². The van der Waals surface area contributed by atoms with E-state index in [0.717, 1.165) is 0 Å². The van der Waals surface area contributed by atoms with Gasteiger partial charge in [-0.3, -0.25) is 0 Å². The zero-order valence-electron chi connectivity index (χ0n) is 10.2. The summed E-state index contributed by atoms with van der Waals surface area (Å²) in [5.74, 6) is 0. The summed E-state index contributed by atoms with van der Waals surface area (Å²) in [5, 5.41) is 3.44. The van der Waals surface area contributed by atoms with Crippen LogP contribution in [0, 0.1) is 12.3 Å². The molecule has 2 rings (SSSR count). The second-order valence-electron chi connectivity index (χ2n) is 5.59. The Morgan fingerprint density at radius 1 is 1.33 bits per heavy atom. The van der Waals surface area contributed by atoms with Gasteiger partial charge in [-0.25, -0.2) is 0 Å². The van der Waals surface area contributed by atoms with Gasteiger partial charge in [-0.2, -0.15) is 0 Å². The molecule has 0 fully saturated rings. The fraction of sp³-hybridized carbons (Fsp3) is 0.571. The Morgan fingerprint density at radius 2 is 2.07 bits per heavy atom. The van der Waals surface area contributed by atoms with Crippen LogP contribution < -0.4 is 5.32 Å². The Bertz CT molecular complexity index is 366. The Morgan fingerprint density at radius 3 is 2.73 bits per heavy atom. The number of hydrogen-bond acceptors (Lipinski definition) is 1. The van der Waals surface area contributed by atoms with Gasteiger partial charge in [0.15, 0.2) is 0 Å². The fourth-order valence-corrected chi connectivity index (χ4v) is 2.74. The lowest BCUT2D eigenvalue weighted by Gasteiger charge is -2.37. The number of hydrogen-bond donors (Lipinski definition) is 1. The van der Waals surface area contributed by atoms with Crippen LogP contribution in [0.4, 0.5) is 0 Å². The first kappa shape index (κ1) is 10.7. The molecule has 1 unspecified atom stereocenters. The molecule has 0 heterocycles. The van der Waals surface area contributed by atoms with Crippen LogP contribution >= 0.6 is 0 Å².